The van der Waals surface area contributed by atoms with Crippen LogP contribution in [0.5, 0.6) is 0 Å². The lowest BCUT2D eigenvalue weighted by Crippen LogP contribution is -2.29. The number of fused-ring (bicyclic) bond motifs is 1. The van der Waals surface area contributed by atoms with E-state index in [0.29, 0.717) is 41.2 Å². The lowest BCUT2D eigenvalue weighted by atomic mass is 9.93. The molecule has 0 saturated carbocycles. The number of rotatable bonds is 1. The van der Waals surface area contributed by atoms with Gasteiger partial charge in [0.1, 0.15) is 11.6 Å². The van der Waals surface area contributed by atoms with Crippen LogP contribution >= 0.6 is 11.6 Å². The highest BCUT2D eigenvalue weighted by atomic mass is 35.5. The Balaban J connectivity index is 2.43. The molecule has 3 rings (SSSR count). The summed E-state index contributed by atoms with van der Waals surface area (Å²) in [5.74, 6) is -0.0221. The van der Waals surface area contributed by atoms with E-state index in [-0.39, 0.29) is 11.3 Å². The zero-order valence-corrected chi connectivity index (χ0v) is 12.8. The predicted octanol–water partition coefficient (Wildman–Crippen LogP) is 3.19. The second-order valence-corrected chi connectivity index (χ2v) is 5.74. The third-order valence-electron chi connectivity index (χ3n) is 4.02. The van der Waals surface area contributed by atoms with Gasteiger partial charge in [-0.3, -0.25) is 14.2 Å². The predicted molar refractivity (Wildman–Crippen MR) is 83.8 cm³/mol. The first-order valence-corrected chi connectivity index (χ1v) is 7.40. The van der Waals surface area contributed by atoms with Crippen molar-refractivity contribution >= 4 is 17.4 Å². The Labute approximate surface area is 132 Å². The maximum absolute atomic E-state index is 12.6. The Morgan fingerprint density at radius 2 is 2.05 bits per heavy atom. The first-order chi connectivity index (χ1) is 10.5. The minimum Gasteiger partial charge on any atom is -0.294 e. The molecule has 0 N–H and O–H groups in total. The summed E-state index contributed by atoms with van der Waals surface area (Å²) in [7, 11) is 0. The molecule has 1 aromatic carbocycles. The number of hydrogen-bond acceptors (Lipinski definition) is 3. The van der Waals surface area contributed by atoms with Crippen molar-refractivity contribution in [3.8, 4) is 11.8 Å². The number of benzene rings is 1. The highest BCUT2D eigenvalue weighted by molar-refractivity contribution is 6.31. The molecule has 1 aliphatic carbocycles. The van der Waals surface area contributed by atoms with Crippen LogP contribution in [-0.4, -0.2) is 10.4 Å². The minimum atomic E-state index is -0.402. The van der Waals surface area contributed by atoms with Gasteiger partial charge in [0.05, 0.1) is 5.69 Å². The van der Waals surface area contributed by atoms with Gasteiger partial charge in [-0.15, -0.1) is 0 Å². The zero-order chi connectivity index (χ0) is 15.9. The lowest BCUT2D eigenvalue weighted by molar-refractivity contribution is 0.0971. The number of pyridine rings is 1. The Hall–Kier alpha value is -2.38. The van der Waals surface area contributed by atoms with E-state index in [0.717, 1.165) is 5.56 Å². The molecule has 0 saturated heterocycles. The van der Waals surface area contributed by atoms with Crippen LogP contribution < -0.4 is 5.56 Å². The molecule has 0 bridgehead atoms. The lowest BCUT2D eigenvalue weighted by Gasteiger charge is -2.22. The number of Topliss-reactive ketones (excluding diaryl/α,β-unsaturated/α-hetero) is 1. The summed E-state index contributed by atoms with van der Waals surface area (Å²) in [5, 5.41) is 9.74. The topological polar surface area (TPSA) is 62.9 Å². The molecule has 0 aliphatic heterocycles. The minimum absolute atomic E-state index is 0.0200. The number of aromatic nitrogens is 1. The molecule has 5 heteroatoms. The van der Waals surface area contributed by atoms with E-state index < -0.39 is 5.56 Å². The summed E-state index contributed by atoms with van der Waals surface area (Å²) in [6.45, 7) is 1.82. The smallest absolute Gasteiger partial charge is 0.273 e. The van der Waals surface area contributed by atoms with Crippen LogP contribution in [0.3, 0.4) is 0 Å². The van der Waals surface area contributed by atoms with Crippen molar-refractivity contribution in [2.45, 2.75) is 26.2 Å². The zero-order valence-electron chi connectivity index (χ0n) is 12.0. The van der Waals surface area contributed by atoms with Crippen molar-refractivity contribution in [2.24, 2.45) is 0 Å². The van der Waals surface area contributed by atoms with Gasteiger partial charge in [0, 0.05) is 22.7 Å². The van der Waals surface area contributed by atoms with Crippen LogP contribution in [0.4, 0.5) is 0 Å². The van der Waals surface area contributed by atoms with Crippen LogP contribution in [0.1, 0.15) is 40.0 Å². The van der Waals surface area contributed by atoms with E-state index >= 15 is 0 Å². The van der Waals surface area contributed by atoms with Gasteiger partial charge >= 0.3 is 0 Å². The number of nitrogens with zero attached hydrogens (tertiary/aromatic N) is 2. The van der Waals surface area contributed by atoms with E-state index in [1.54, 1.807) is 18.2 Å². The Morgan fingerprint density at radius 3 is 2.77 bits per heavy atom. The molecule has 4 nitrogen and oxygen atoms in total. The van der Waals surface area contributed by atoms with Crippen molar-refractivity contribution in [1.82, 2.24) is 4.57 Å². The van der Waals surface area contributed by atoms with Gasteiger partial charge in [-0.25, -0.2) is 0 Å². The summed E-state index contributed by atoms with van der Waals surface area (Å²) in [5.41, 5.74) is 2.10. The van der Waals surface area contributed by atoms with Crippen LogP contribution in [0, 0.1) is 18.3 Å². The van der Waals surface area contributed by atoms with E-state index in [1.165, 1.54) is 10.6 Å². The molecule has 1 heterocycles. The monoisotopic (exact) mass is 312 g/mol. The fourth-order valence-electron chi connectivity index (χ4n) is 2.87. The normalized spacial score (nSPS) is 13.6. The number of carbonyl (C=O) groups is 1. The molecule has 1 aromatic heterocycles. The second-order valence-electron chi connectivity index (χ2n) is 5.33. The molecule has 2 aromatic rings. The summed E-state index contributed by atoms with van der Waals surface area (Å²) in [6.07, 6.45) is 1.79. The van der Waals surface area contributed by atoms with Gasteiger partial charge in [-0.1, -0.05) is 17.7 Å². The quantitative estimate of drug-likeness (QED) is 0.812. The Kier molecular flexibility index (Phi) is 3.59. The molecule has 0 spiro atoms. The second kappa shape index (κ2) is 5.43. The maximum atomic E-state index is 12.6. The number of carbonyl (C=O) groups excluding carboxylic acids is 1. The highest BCUT2D eigenvalue weighted by Gasteiger charge is 2.24. The van der Waals surface area contributed by atoms with E-state index in [2.05, 4.69) is 0 Å². The third kappa shape index (κ3) is 2.15. The molecular weight excluding hydrogens is 300 g/mol. The molecule has 110 valence electrons. The fraction of sp³-hybridized carbons (Fsp3) is 0.235. The van der Waals surface area contributed by atoms with Gasteiger partial charge in [0.15, 0.2) is 5.78 Å². The summed E-state index contributed by atoms with van der Waals surface area (Å²) in [6, 6.07) is 8.60. The largest absolute Gasteiger partial charge is 0.294 e. The molecule has 0 unspecified atom stereocenters. The van der Waals surface area contributed by atoms with Gasteiger partial charge in [-0.05, 0) is 43.5 Å². The first-order valence-electron chi connectivity index (χ1n) is 7.02. The highest BCUT2D eigenvalue weighted by Crippen LogP contribution is 2.27. The molecule has 1 aliphatic rings. The fourth-order valence-corrected chi connectivity index (χ4v) is 3.03. The molecule has 0 amide bonds. The van der Waals surface area contributed by atoms with E-state index in [1.807, 2.05) is 13.0 Å². The van der Waals surface area contributed by atoms with E-state index in [4.69, 9.17) is 11.6 Å². The molecule has 0 atom stereocenters. The molecule has 0 radical (unpaired) electrons. The van der Waals surface area contributed by atoms with Gasteiger partial charge < -0.3 is 0 Å². The molecular formula is C17H13ClN2O2. The van der Waals surface area contributed by atoms with Crippen LogP contribution in [0.15, 0.2) is 29.1 Å². The Bertz CT molecular complexity index is 891. The maximum Gasteiger partial charge on any atom is 0.273 e. The van der Waals surface area contributed by atoms with Gasteiger partial charge in [-0.2, -0.15) is 5.26 Å². The van der Waals surface area contributed by atoms with Crippen molar-refractivity contribution < 1.29 is 4.79 Å². The van der Waals surface area contributed by atoms with Crippen molar-refractivity contribution in [1.29, 1.82) is 5.26 Å². The van der Waals surface area contributed by atoms with Crippen LogP contribution in [0.25, 0.3) is 5.69 Å². The number of nitriles is 1. The summed E-state index contributed by atoms with van der Waals surface area (Å²) >= 11 is 6.15. The van der Waals surface area contributed by atoms with Crippen LogP contribution in [0.2, 0.25) is 5.02 Å². The van der Waals surface area contributed by atoms with Crippen molar-refractivity contribution in [2.75, 3.05) is 0 Å². The molecule has 0 fully saturated rings. The number of hydrogen-bond donors (Lipinski definition) is 0. The third-order valence-corrected chi connectivity index (χ3v) is 4.43. The molecule has 22 heavy (non-hydrogen) atoms. The standard InChI is InChI=1S/C17H13ClN2O2/c1-10-13(18)4-2-5-14(10)20-15-6-3-7-16(21)12(15)8-11(9-19)17(20)22/h2,4-5,8H,3,6-7H2,1H3. The average Bonchev–Trinajstić information content (AvgIpc) is 2.51. The van der Waals surface area contributed by atoms with Gasteiger partial charge in [0.25, 0.3) is 5.56 Å². The van der Waals surface area contributed by atoms with E-state index in [9.17, 15) is 14.9 Å². The summed E-state index contributed by atoms with van der Waals surface area (Å²) in [4.78, 5) is 24.8. The SMILES string of the molecule is Cc1c(Cl)cccc1-n1c2c(cc(C#N)c1=O)C(=O)CCC2. The number of halogens is 1. The van der Waals surface area contributed by atoms with Gasteiger partial charge in [0.2, 0.25) is 0 Å². The first kappa shape index (κ1) is 14.6. The number of ketones is 1. The van der Waals surface area contributed by atoms with Crippen molar-refractivity contribution in [3.63, 3.8) is 0 Å². The van der Waals surface area contributed by atoms with Crippen molar-refractivity contribution in [3.05, 3.63) is 62.0 Å². The Morgan fingerprint density at radius 1 is 1.27 bits per heavy atom. The summed E-state index contributed by atoms with van der Waals surface area (Å²) < 4.78 is 1.48. The average molecular weight is 313 g/mol. The van der Waals surface area contributed by atoms with Crippen LogP contribution in [-0.2, 0) is 6.42 Å².